The topological polar surface area (TPSA) is 99.2 Å². The average molecular weight is 335 g/mol. The molecule has 24 heavy (non-hydrogen) atoms. The number of carboxylic acid groups (broad SMARTS) is 1. The molecule has 1 fully saturated rings. The summed E-state index contributed by atoms with van der Waals surface area (Å²) in [6.07, 6.45) is 0. The van der Waals surface area contributed by atoms with Crippen LogP contribution in [0.4, 0.5) is 9.59 Å². The van der Waals surface area contributed by atoms with E-state index < -0.39 is 24.1 Å². The summed E-state index contributed by atoms with van der Waals surface area (Å²) in [7, 11) is 0. The third kappa shape index (κ3) is 4.23. The fraction of sp³-hybridized carbons (Fsp3) is 0.438. The lowest BCUT2D eigenvalue weighted by Crippen LogP contribution is -2.53. The molecule has 0 bridgehead atoms. The van der Waals surface area contributed by atoms with Crippen LogP contribution in [0, 0.1) is 0 Å². The van der Waals surface area contributed by atoms with E-state index >= 15 is 0 Å². The Balaban J connectivity index is 2.09. The van der Waals surface area contributed by atoms with E-state index in [2.05, 4.69) is 5.32 Å². The van der Waals surface area contributed by atoms with Gasteiger partial charge in [0.1, 0.15) is 0 Å². The molecule has 1 saturated heterocycles. The molecular formula is C16H21N3O5. The van der Waals surface area contributed by atoms with Crippen LogP contribution in [0.1, 0.15) is 18.5 Å². The van der Waals surface area contributed by atoms with Crippen molar-refractivity contribution in [2.75, 3.05) is 32.8 Å². The van der Waals surface area contributed by atoms with Crippen molar-refractivity contribution in [3.63, 3.8) is 0 Å². The zero-order chi connectivity index (χ0) is 17.5. The first-order chi connectivity index (χ1) is 11.5. The highest BCUT2D eigenvalue weighted by Gasteiger charge is 2.30. The van der Waals surface area contributed by atoms with Crippen molar-refractivity contribution in [1.29, 1.82) is 0 Å². The molecule has 1 aliphatic rings. The summed E-state index contributed by atoms with van der Waals surface area (Å²) in [4.78, 5) is 38.9. The zero-order valence-corrected chi connectivity index (χ0v) is 13.5. The Labute approximate surface area is 140 Å². The lowest BCUT2D eigenvalue weighted by atomic mass is 10.1. The van der Waals surface area contributed by atoms with Crippen LogP contribution in [-0.4, -0.2) is 65.8 Å². The molecule has 0 saturated carbocycles. The summed E-state index contributed by atoms with van der Waals surface area (Å²) in [5.41, 5.74) is 0.438. The van der Waals surface area contributed by atoms with E-state index in [1.54, 1.807) is 37.3 Å². The number of hydrogen-bond donors (Lipinski definition) is 2. The fourth-order valence-corrected chi connectivity index (χ4v) is 2.43. The third-order valence-corrected chi connectivity index (χ3v) is 3.72. The first kappa shape index (κ1) is 17.7. The van der Waals surface area contributed by atoms with Gasteiger partial charge in [-0.1, -0.05) is 30.3 Å². The van der Waals surface area contributed by atoms with Gasteiger partial charge in [-0.2, -0.15) is 0 Å². The first-order valence-electron chi connectivity index (χ1n) is 7.77. The van der Waals surface area contributed by atoms with Crippen LogP contribution in [0.5, 0.6) is 0 Å². The second-order valence-electron chi connectivity index (χ2n) is 5.26. The van der Waals surface area contributed by atoms with Gasteiger partial charge in [0.2, 0.25) is 0 Å². The van der Waals surface area contributed by atoms with Gasteiger partial charge >= 0.3 is 18.0 Å². The van der Waals surface area contributed by atoms with Gasteiger partial charge in [0.25, 0.3) is 0 Å². The number of hydrogen-bond acceptors (Lipinski definition) is 4. The lowest BCUT2D eigenvalue weighted by molar-refractivity contribution is -0.139. The van der Waals surface area contributed by atoms with Crippen molar-refractivity contribution < 1.29 is 24.2 Å². The van der Waals surface area contributed by atoms with Crippen LogP contribution >= 0.6 is 0 Å². The predicted molar refractivity (Wildman–Crippen MR) is 85.5 cm³/mol. The molecule has 2 rings (SSSR count). The minimum atomic E-state index is -1.22. The Bertz CT molecular complexity index is 587. The van der Waals surface area contributed by atoms with E-state index in [-0.39, 0.29) is 6.54 Å². The van der Waals surface area contributed by atoms with Gasteiger partial charge in [-0.15, -0.1) is 0 Å². The number of imide groups is 1. The number of carbonyl (C=O) groups excluding carboxylic acids is 2. The third-order valence-electron chi connectivity index (χ3n) is 3.72. The van der Waals surface area contributed by atoms with Gasteiger partial charge in [0.15, 0.2) is 6.04 Å². The number of aliphatic carboxylic acids is 1. The highest BCUT2D eigenvalue weighted by atomic mass is 16.5. The smallest absolute Gasteiger partial charge is 0.330 e. The van der Waals surface area contributed by atoms with Gasteiger partial charge in [-0.05, 0) is 12.5 Å². The standard InChI is InChI=1S/C16H21N3O5/c1-2-19(16(23)18-8-10-24-11-9-18)15(22)17-13(14(20)21)12-6-4-3-5-7-12/h3-7,13H,2,8-11H2,1H3,(H,17,22)(H,20,21). The average Bonchev–Trinajstić information content (AvgIpc) is 2.61. The van der Waals surface area contributed by atoms with Crippen molar-refractivity contribution >= 4 is 18.0 Å². The first-order valence-corrected chi connectivity index (χ1v) is 7.77. The molecule has 0 aromatic heterocycles. The summed E-state index contributed by atoms with van der Waals surface area (Å²) in [6.45, 7) is 3.46. The van der Waals surface area contributed by atoms with Crippen LogP contribution in [0.25, 0.3) is 0 Å². The van der Waals surface area contributed by atoms with Crippen molar-refractivity contribution in [2.45, 2.75) is 13.0 Å². The predicted octanol–water partition coefficient (Wildman–Crippen LogP) is 1.30. The van der Waals surface area contributed by atoms with E-state index in [1.807, 2.05) is 0 Å². The number of ether oxygens (including phenoxy) is 1. The molecule has 1 heterocycles. The quantitative estimate of drug-likeness (QED) is 0.864. The lowest BCUT2D eigenvalue weighted by Gasteiger charge is -2.32. The molecule has 1 unspecified atom stereocenters. The molecular weight excluding hydrogens is 314 g/mol. The highest BCUT2D eigenvalue weighted by molar-refractivity contribution is 5.95. The van der Waals surface area contributed by atoms with Crippen LogP contribution in [0.3, 0.4) is 0 Å². The van der Waals surface area contributed by atoms with E-state index in [9.17, 15) is 19.5 Å². The summed E-state index contributed by atoms with van der Waals surface area (Å²) in [5, 5.41) is 11.8. The number of nitrogens with zero attached hydrogens (tertiary/aromatic N) is 2. The second-order valence-corrected chi connectivity index (χ2v) is 5.26. The van der Waals surface area contributed by atoms with Crippen LogP contribution < -0.4 is 5.32 Å². The van der Waals surface area contributed by atoms with Crippen molar-refractivity contribution in [3.05, 3.63) is 35.9 Å². The number of nitrogens with one attached hydrogen (secondary N) is 1. The molecule has 1 aromatic carbocycles. The Hall–Kier alpha value is -2.61. The molecule has 2 N–H and O–H groups in total. The van der Waals surface area contributed by atoms with E-state index in [0.29, 0.717) is 31.9 Å². The van der Waals surface area contributed by atoms with Gasteiger partial charge in [0.05, 0.1) is 13.2 Å². The maximum atomic E-state index is 12.4. The molecule has 1 aliphatic heterocycles. The molecule has 0 spiro atoms. The summed E-state index contributed by atoms with van der Waals surface area (Å²) < 4.78 is 5.19. The Kier molecular flexibility index (Phi) is 6.14. The number of benzene rings is 1. The maximum Gasteiger partial charge on any atom is 0.330 e. The molecule has 0 aliphatic carbocycles. The van der Waals surface area contributed by atoms with Crippen LogP contribution in [-0.2, 0) is 9.53 Å². The van der Waals surface area contributed by atoms with Crippen molar-refractivity contribution in [3.8, 4) is 0 Å². The Morgan fingerprint density at radius 3 is 2.42 bits per heavy atom. The minimum Gasteiger partial charge on any atom is -0.479 e. The van der Waals surface area contributed by atoms with Gasteiger partial charge in [-0.25, -0.2) is 19.3 Å². The Morgan fingerprint density at radius 1 is 1.25 bits per heavy atom. The van der Waals surface area contributed by atoms with Crippen molar-refractivity contribution in [2.24, 2.45) is 0 Å². The van der Waals surface area contributed by atoms with E-state index in [1.165, 1.54) is 4.90 Å². The molecule has 8 heteroatoms. The second kappa shape index (κ2) is 8.30. The maximum absolute atomic E-state index is 12.4. The van der Waals surface area contributed by atoms with Crippen molar-refractivity contribution in [1.82, 2.24) is 15.1 Å². The number of urea groups is 2. The fourth-order valence-electron chi connectivity index (χ4n) is 2.43. The van der Waals surface area contributed by atoms with Gasteiger partial charge in [-0.3, -0.25) is 0 Å². The number of rotatable bonds is 4. The van der Waals surface area contributed by atoms with Crippen LogP contribution in [0.15, 0.2) is 30.3 Å². The monoisotopic (exact) mass is 335 g/mol. The van der Waals surface area contributed by atoms with E-state index in [0.717, 1.165) is 4.90 Å². The largest absolute Gasteiger partial charge is 0.479 e. The number of carbonyl (C=O) groups is 3. The van der Waals surface area contributed by atoms with Gasteiger partial charge < -0.3 is 20.1 Å². The number of morpholine rings is 1. The number of amides is 4. The molecule has 4 amide bonds. The minimum absolute atomic E-state index is 0.142. The van der Waals surface area contributed by atoms with E-state index in [4.69, 9.17) is 4.74 Å². The summed E-state index contributed by atoms with van der Waals surface area (Å²) >= 11 is 0. The number of carboxylic acids is 1. The Morgan fingerprint density at radius 2 is 1.88 bits per heavy atom. The van der Waals surface area contributed by atoms with Gasteiger partial charge in [0, 0.05) is 19.6 Å². The SMILES string of the molecule is CCN(C(=O)NC(C(=O)O)c1ccccc1)C(=O)N1CCOCC1. The summed E-state index contributed by atoms with van der Waals surface area (Å²) in [6, 6.07) is 5.95. The molecule has 0 radical (unpaired) electrons. The highest BCUT2D eigenvalue weighted by Crippen LogP contribution is 2.14. The zero-order valence-electron chi connectivity index (χ0n) is 13.5. The summed E-state index contributed by atoms with van der Waals surface area (Å²) in [5.74, 6) is -1.19. The molecule has 130 valence electrons. The van der Waals surface area contributed by atoms with Crippen LogP contribution in [0.2, 0.25) is 0 Å². The molecule has 1 aromatic rings. The normalized spacial score (nSPS) is 15.5. The molecule has 1 atom stereocenters. The molecule has 8 nitrogen and oxygen atoms in total.